The Kier molecular flexibility index (Phi) is 4.90. The predicted molar refractivity (Wildman–Crippen MR) is 64.9 cm³/mol. The van der Waals surface area contributed by atoms with Crippen LogP contribution in [0, 0.1) is 0 Å². The van der Waals surface area contributed by atoms with Crippen LogP contribution in [0.15, 0.2) is 18.3 Å². The molecule has 92 valence electrons. The Morgan fingerprint density at radius 3 is 2.76 bits per heavy atom. The van der Waals surface area contributed by atoms with Crippen LogP contribution in [0.4, 0.5) is 0 Å². The summed E-state index contributed by atoms with van der Waals surface area (Å²) in [5, 5.41) is 5.55. The topological polar surface area (TPSA) is 71.1 Å². The fraction of sp³-hybridized carbons (Fsp3) is 0.364. The summed E-state index contributed by atoms with van der Waals surface area (Å²) in [5.41, 5.74) is 0.190. The summed E-state index contributed by atoms with van der Waals surface area (Å²) >= 11 is 5.72. The molecule has 0 spiro atoms. The van der Waals surface area contributed by atoms with Gasteiger partial charge in [0, 0.05) is 17.3 Å². The molecule has 1 heterocycles. The van der Waals surface area contributed by atoms with E-state index in [1.165, 1.54) is 12.3 Å². The van der Waals surface area contributed by atoms with Crippen LogP contribution in [-0.4, -0.2) is 29.4 Å². The van der Waals surface area contributed by atoms with E-state index in [4.69, 9.17) is 11.6 Å². The first-order valence-corrected chi connectivity index (χ1v) is 5.56. The third kappa shape index (κ3) is 4.82. The van der Waals surface area contributed by atoms with Crippen molar-refractivity contribution in [3.63, 3.8) is 0 Å². The number of hydrogen-bond acceptors (Lipinski definition) is 3. The summed E-state index contributed by atoms with van der Waals surface area (Å²) in [6, 6.07) is 3.06. The summed E-state index contributed by atoms with van der Waals surface area (Å²) in [5.74, 6) is -0.665. The minimum Gasteiger partial charge on any atom is -0.352 e. The molecule has 0 saturated carbocycles. The molecule has 0 aliphatic rings. The van der Waals surface area contributed by atoms with E-state index in [-0.39, 0.29) is 24.2 Å². The van der Waals surface area contributed by atoms with Crippen molar-refractivity contribution >= 4 is 23.4 Å². The van der Waals surface area contributed by atoms with E-state index in [2.05, 4.69) is 15.6 Å². The third-order valence-electron chi connectivity index (χ3n) is 1.81. The van der Waals surface area contributed by atoms with Gasteiger partial charge >= 0.3 is 0 Å². The number of carbonyl (C=O) groups is 2. The fourth-order valence-corrected chi connectivity index (χ4v) is 1.31. The van der Waals surface area contributed by atoms with Crippen LogP contribution in [0.1, 0.15) is 24.3 Å². The van der Waals surface area contributed by atoms with Crippen molar-refractivity contribution < 1.29 is 9.59 Å². The maximum atomic E-state index is 11.6. The van der Waals surface area contributed by atoms with Gasteiger partial charge in [0.1, 0.15) is 5.69 Å². The Labute approximate surface area is 105 Å². The minimum atomic E-state index is -0.425. The molecule has 2 N–H and O–H groups in total. The molecule has 1 aromatic heterocycles. The van der Waals surface area contributed by atoms with E-state index < -0.39 is 5.91 Å². The summed E-state index contributed by atoms with van der Waals surface area (Å²) in [7, 11) is 0. The highest BCUT2D eigenvalue weighted by Gasteiger charge is 2.09. The van der Waals surface area contributed by atoms with Gasteiger partial charge in [0.15, 0.2) is 0 Å². The molecule has 5 nitrogen and oxygen atoms in total. The molecule has 1 aromatic rings. The maximum absolute atomic E-state index is 11.6. The molecule has 2 amide bonds. The van der Waals surface area contributed by atoms with Gasteiger partial charge in [0.25, 0.3) is 5.91 Å². The third-order valence-corrected chi connectivity index (χ3v) is 2.05. The fourth-order valence-electron chi connectivity index (χ4n) is 1.15. The van der Waals surface area contributed by atoms with Crippen molar-refractivity contribution in [3.8, 4) is 0 Å². The van der Waals surface area contributed by atoms with Gasteiger partial charge in [0.2, 0.25) is 5.91 Å². The molecule has 6 heteroatoms. The normalized spacial score (nSPS) is 10.1. The number of pyridine rings is 1. The van der Waals surface area contributed by atoms with Crippen LogP contribution in [0.5, 0.6) is 0 Å². The average Bonchev–Trinajstić information content (AvgIpc) is 2.25. The van der Waals surface area contributed by atoms with E-state index in [0.717, 1.165) is 0 Å². The second-order valence-electron chi connectivity index (χ2n) is 3.76. The van der Waals surface area contributed by atoms with Crippen LogP contribution < -0.4 is 10.6 Å². The smallest absolute Gasteiger partial charge is 0.270 e. The zero-order valence-electron chi connectivity index (χ0n) is 9.66. The zero-order valence-corrected chi connectivity index (χ0v) is 10.4. The molecule has 0 radical (unpaired) electrons. The Balaban J connectivity index is 2.48. The molecule has 0 fully saturated rings. The molecule has 0 aliphatic carbocycles. The molecule has 0 saturated heterocycles. The second kappa shape index (κ2) is 6.20. The van der Waals surface area contributed by atoms with Gasteiger partial charge in [-0.1, -0.05) is 11.6 Å². The van der Waals surface area contributed by atoms with Gasteiger partial charge in [-0.3, -0.25) is 14.6 Å². The number of carbonyl (C=O) groups excluding carboxylic acids is 2. The van der Waals surface area contributed by atoms with E-state index in [1.54, 1.807) is 6.07 Å². The largest absolute Gasteiger partial charge is 0.352 e. The molecule has 0 bridgehead atoms. The average molecular weight is 256 g/mol. The molecule has 0 unspecified atom stereocenters. The zero-order chi connectivity index (χ0) is 12.8. The molecule has 0 aliphatic heterocycles. The predicted octanol–water partition coefficient (Wildman–Crippen LogP) is 0.989. The lowest BCUT2D eigenvalue weighted by Gasteiger charge is -2.08. The van der Waals surface area contributed by atoms with Crippen LogP contribution >= 0.6 is 11.6 Å². The van der Waals surface area contributed by atoms with Crippen molar-refractivity contribution in [2.24, 2.45) is 0 Å². The standard InChI is InChI=1S/C11H14ClN3O2/c1-7(2)15-10(16)6-14-11(17)9-5-8(12)3-4-13-9/h3-5,7H,6H2,1-2H3,(H,14,17)(H,15,16). The molecule has 1 rings (SSSR count). The van der Waals surface area contributed by atoms with Crippen LogP contribution in [0.3, 0.4) is 0 Å². The highest BCUT2D eigenvalue weighted by Crippen LogP contribution is 2.07. The Bertz CT molecular complexity index is 421. The number of amides is 2. The number of rotatable bonds is 4. The SMILES string of the molecule is CC(C)NC(=O)CNC(=O)c1cc(Cl)ccn1. The lowest BCUT2D eigenvalue weighted by Crippen LogP contribution is -2.40. The van der Waals surface area contributed by atoms with Crippen molar-refractivity contribution in [2.45, 2.75) is 19.9 Å². The Hall–Kier alpha value is -1.62. The molecular weight excluding hydrogens is 242 g/mol. The van der Waals surface area contributed by atoms with Crippen molar-refractivity contribution in [3.05, 3.63) is 29.0 Å². The summed E-state index contributed by atoms with van der Waals surface area (Å²) in [6.07, 6.45) is 1.44. The number of nitrogens with zero attached hydrogens (tertiary/aromatic N) is 1. The molecule has 17 heavy (non-hydrogen) atoms. The van der Waals surface area contributed by atoms with E-state index >= 15 is 0 Å². The van der Waals surface area contributed by atoms with E-state index in [9.17, 15) is 9.59 Å². The first-order chi connectivity index (χ1) is 7.99. The Morgan fingerprint density at radius 1 is 1.47 bits per heavy atom. The first kappa shape index (κ1) is 13.4. The van der Waals surface area contributed by atoms with Crippen molar-refractivity contribution in [2.75, 3.05) is 6.54 Å². The van der Waals surface area contributed by atoms with Gasteiger partial charge in [-0.25, -0.2) is 0 Å². The highest BCUT2D eigenvalue weighted by molar-refractivity contribution is 6.30. The number of hydrogen-bond donors (Lipinski definition) is 2. The van der Waals surface area contributed by atoms with Crippen LogP contribution in [0.2, 0.25) is 5.02 Å². The van der Waals surface area contributed by atoms with E-state index in [1.807, 2.05) is 13.8 Å². The molecular formula is C11H14ClN3O2. The second-order valence-corrected chi connectivity index (χ2v) is 4.20. The molecule has 0 atom stereocenters. The molecule has 0 aromatic carbocycles. The Morgan fingerprint density at radius 2 is 2.18 bits per heavy atom. The maximum Gasteiger partial charge on any atom is 0.270 e. The summed E-state index contributed by atoms with van der Waals surface area (Å²) < 4.78 is 0. The van der Waals surface area contributed by atoms with Crippen LogP contribution in [0.25, 0.3) is 0 Å². The summed E-state index contributed by atoms with van der Waals surface area (Å²) in [4.78, 5) is 26.7. The summed E-state index contributed by atoms with van der Waals surface area (Å²) in [6.45, 7) is 3.61. The lowest BCUT2D eigenvalue weighted by molar-refractivity contribution is -0.120. The number of halogens is 1. The van der Waals surface area contributed by atoms with E-state index in [0.29, 0.717) is 5.02 Å². The number of aromatic nitrogens is 1. The van der Waals surface area contributed by atoms with Gasteiger partial charge < -0.3 is 10.6 Å². The van der Waals surface area contributed by atoms with Gasteiger partial charge in [-0.2, -0.15) is 0 Å². The minimum absolute atomic E-state index is 0.0451. The van der Waals surface area contributed by atoms with Crippen molar-refractivity contribution in [1.29, 1.82) is 0 Å². The van der Waals surface area contributed by atoms with Gasteiger partial charge in [-0.05, 0) is 26.0 Å². The van der Waals surface area contributed by atoms with Crippen LogP contribution in [-0.2, 0) is 4.79 Å². The quantitative estimate of drug-likeness (QED) is 0.843. The first-order valence-electron chi connectivity index (χ1n) is 5.18. The number of nitrogens with one attached hydrogen (secondary N) is 2. The van der Waals surface area contributed by atoms with Gasteiger partial charge in [0.05, 0.1) is 6.54 Å². The van der Waals surface area contributed by atoms with Crippen molar-refractivity contribution in [1.82, 2.24) is 15.6 Å². The van der Waals surface area contributed by atoms with Gasteiger partial charge in [-0.15, -0.1) is 0 Å². The monoisotopic (exact) mass is 255 g/mol. The highest BCUT2D eigenvalue weighted by atomic mass is 35.5. The lowest BCUT2D eigenvalue weighted by atomic mass is 10.3.